The molecular formula is C32H36N2O7S. The molecule has 0 radical (unpaired) electrons. The van der Waals surface area contributed by atoms with Gasteiger partial charge in [-0.25, -0.2) is 9.79 Å². The number of hydrogen-bond donors (Lipinski definition) is 0. The molecule has 0 aliphatic carbocycles. The SMILES string of the molecule is C=CCc1cc(/C=c2\sc3n(c2=O)[C@H](c2ccc(OCC)c(OCC)c2)C(C(=O)OC)=CN=3)cc(OCC)c1OCC. The molecule has 9 nitrogen and oxygen atoms in total. The van der Waals surface area contributed by atoms with Crippen molar-refractivity contribution in [2.24, 2.45) is 4.99 Å². The number of esters is 1. The van der Waals surface area contributed by atoms with Crippen molar-refractivity contribution in [3.8, 4) is 23.0 Å². The Morgan fingerprint density at radius 3 is 2.33 bits per heavy atom. The molecule has 3 aromatic rings. The lowest BCUT2D eigenvalue weighted by Crippen LogP contribution is -2.39. The molecule has 0 spiro atoms. The number of fused-ring (bicyclic) bond motifs is 1. The van der Waals surface area contributed by atoms with E-state index in [2.05, 4.69) is 11.6 Å². The van der Waals surface area contributed by atoms with E-state index in [4.69, 9.17) is 23.7 Å². The minimum absolute atomic E-state index is 0.232. The number of ether oxygens (including phenoxy) is 5. The first-order valence-electron chi connectivity index (χ1n) is 13.9. The van der Waals surface area contributed by atoms with Gasteiger partial charge in [0.05, 0.1) is 49.7 Å². The van der Waals surface area contributed by atoms with Crippen LogP contribution in [-0.2, 0) is 16.0 Å². The molecule has 1 aliphatic rings. The third kappa shape index (κ3) is 6.28. The molecule has 0 fully saturated rings. The highest BCUT2D eigenvalue weighted by molar-refractivity contribution is 7.07. The average molecular weight is 593 g/mol. The Morgan fingerprint density at radius 2 is 1.67 bits per heavy atom. The predicted octanol–water partition coefficient (Wildman–Crippen LogP) is 4.34. The molecular weight excluding hydrogens is 556 g/mol. The molecule has 1 aliphatic heterocycles. The number of hydrogen-bond acceptors (Lipinski definition) is 9. The van der Waals surface area contributed by atoms with E-state index in [1.54, 1.807) is 24.3 Å². The van der Waals surface area contributed by atoms with Crippen molar-refractivity contribution in [3.63, 3.8) is 0 Å². The summed E-state index contributed by atoms with van der Waals surface area (Å²) in [5.41, 5.74) is 2.28. The van der Waals surface area contributed by atoms with Gasteiger partial charge in [0.15, 0.2) is 27.8 Å². The fourth-order valence-electron chi connectivity index (χ4n) is 4.78. The van der Waals surface area contributed by atoms with E-state index in [0.29, 0.717) is 70.7 Å². The van der Waals surface area contributed by atoms with Crippen LogP contribution in [0.25, 0.3) is 6.08 Å². The van der Waals surface area contributed by atoms with Crippen molar-refractivity contribution < 1.29 is 28.5 Å². The van der Waals surface area contributed by atoms with Crippen LogP contribution in [0.3, 0.4) is 0 Å². The Kier molecular flexibility index (Phi) is 10.2. The summed E-state index contributed by atoms with van der Waals surface area (Å²) in [5, 5.41) is 0. The maximum atomic E-state index is 14.0. The van der Waals surface area contributed by atoms with Gasteiger partial charge < -0.3 is 23.7 Å². The van der Waals surface area contributed by atoms with Crippen molar-refractivity contribution in [2.45, 2.75) is 40.2 Å². The van der Waals surface area contributed by atoms with Crippen LogP contribution in [0.1, 0.15) is 50.4 Å². The molecule has 42 heavy (non-hydrogen) atoms. The van der Waals surface area contributed by atoms with Crippen LogP contribution in [0.5, 0.6) is 23.0 Å². The standard InChI is InChI=1S/C32H36N2O7S/c1-7-12-22-15-20(16-26(40-10-4)29(22)41-11-5)17-27-30(35)34-28(23(31(36)37-6)19-33-32(34)42-27)21-13-14-24(38-8-2)25(18-21)39-9-3/h7,13-19,28H,1,8-12H2,2-6H3/b27-17-/t28-/m1/s1. The number of benzene rings is 2. The number of rotatable bonds is 13. The molecule has 0 saturated carbocycles. The molecule has 1 atom stereocenters. The second kappa shape index (κ2) is 14.0. The number of allylic oxidation sites excluding steroid dienone is 1. The number of methoxy groups -OCH3 is 1. The van der Waals surface area contributed by atoms with Crippen LogP contribution in [0.4, 0.5) is 0 Å². The molecule has 222 valence electrons. The van der Waals surface area contributed by atoms with E-state index in [-0.39, 0.29) is 11.1 Å². The Morgan fingerprint density at radius 1 is 0.976 bits per heavy atom. The third-order valence-corrected chi connectivity index (χ3v) is 7.41. The molecule has 0 N–H and O–H groups in total. The van der Waals surface area contributed by atoms with Gasteiger partial charge >= 0.3 is 5.97 Å². The molecule has 4 rings (SSSR count). The van der Waals surface area contributed by atoms with E-state index in [1.807, 2.05) is 45.9 Å². The smallest absolute Gasteiger partial charge is 0.337 e. The molecule has 0 saturated heterocycles. The highest BCUT2D eigenvalue weighted by atomic mass is 32.1. The van der Waals surface area contributed by atoms with Crippen molar-refractivity contribution in [3.05, 3.63) is 91.1 Å². The first-order chi connectivity index (χ1) is 20.4. The van der Waals surface area contributed by atoms with Crippen LogP contribution < -0.4 is 33.8 Å². The van der Waals surface area contributed by atoms with E-state index in [9.17, 15) is 9.59 Å². The average Bonchev–Trinajstić information content (AvgIpc) is 3.30. The summed E-state index contributed by atoms with van der Waals surface area (Å²) >= 11 is 1.24. The van der Waals surface area contributed by atoms with Crippen molar-refractivity contribution in [2.75, 3.05) is 33.5 Å². The van der Waals surface area contributed by atoms with E-state index in [0.717, 1.165) is 11.1 Å². The summed E-state index contributed by atoms with van der Waals surface area (Å²) in [6.07, 6.45) is 5.64. The lowest BCUT2D eigenvalue weighted by atomic mass is 9.97. The molecule has 2 heterocycles. The molecule has 10 heteroatoms. The minimum atomic E-state index is -0.777. The Balaban J connectivity index is 1.91. The monoisotopic (exact) mass is 592 g/mol. The summed E-state index contributed by atoms with van der Waals surface area (Å²) in [6.45, 7) is 13.3. The fourth-order valence-corrected chi connectivity index (χ4v) is 5.75. The lowest BCUT2D eigenvalue weighted by molar-refractivity contribution is -0.136. The highest BCUT2D eigenvalue weighted by Gasteiger charge is 2.31. The molecule has 1 aromatic heterocycles. The van der Waals surface area contributed by atoms with Gasteiger partial charge in [-0.1, -0.05) is 23.5 Å². The van der Waals surface area contributed by atoms with E-state index in [1.165, 1.54) is 29.2 Å². The number of carbonyl (C=O) groups excluding carboxylic acids is 1. The summed E-state index contributed by atoms with van der Waals surface area (Å²) in [4.78, 5) is 31.8. The second-order valence-electron chi connectivity index (χ2n) is 9.11. The summed E-state index contributed by atoms with van der Waals surface area (Å²) < 4.78 is 30.4. The number of carbonyl (C=O) groups is 1. The highest BCUT2D eigenvalue weighted by Crippen LogP contribution is 2.36. The fraction of sp³-hybridized carbons (Fsp3) is 0.344. The van der Waals surface area contributed by atoms with Crippen LogP contribution in [0, 0.1) is 0 Å². The first kappa shape index (κ1) is 30.6. The zero-order chi connectivity index (χ0) is 30.2. The first-order valence-corrected chi connectivity index (χ1v) is 14.7. The van der Waals surface area contributed by atoms with E-state index < -0.39 is 12.0 Å². The Hall–Kier alpha value is -4.31. The number of nitrogens with zero attached hydrogens (tertiary/aromatic N) is 2. The summed E-state index contributed by atoms with van der Waals surface area (Å²) in [5.74, 6) is 1.79. The Labute approximate surface area is 249 Å². The van der Waals surface area contributed by atoms with Crippen LogP contribution in [0.15, 0.2) is 64.5 Å². The van der Waals surface area contributed by atoms with E-state index >= 15 is 0 Å². The molecule has 2 aromatic carbocycles. The summed E-state index contributed by atoms with van der Waals surface area (Å²) in [6, 6.07) is 8.44. The quantitative estimate of drug-likeness (QED) is 0.215. The van der Waals surface area contributed by atoms with Crippen LogP contribution in [-0.4, -0.2) is 44.1 Å². The van der Waals surface area contributed by atoms with Crippen molar-refractivity contribution in [1.82, 2.24) is 4.57 Å². The van der Waals surface area contributed by atoms with Gasteiger partial charge in [0.25, 0.3) is 5.56 Å². The maximum absolute atomic E-state index is 14.0. The lowest BCUT2D eigenvalue weighted by Gasteiger charge is -2.23. The Bertz CT molecular complexity index is 1670. The second-order valence-corrected chi connectivity index (χ2v) is 10.1. The van der Waals surface area contributed by atoms with Gasteiger partial charge in [0.2, 0.25) is 0 Å². The molecule has 0 amide bonds. The number of aromatic nitrogens is 1. The van der Waals surface area contributed by atoms with Gasteiger partial charge in [-0.15, -0.1) is 6.58 Å². The molecule has 0 unspecified atom stereocenters. The van der Waals surface area contributed by atoms with Gasteiger partial charge in [-0.05, 0) is 75.6 Å². The number of thiazole rings is 1. The van der Waals surface area contributed by atoms with Crippen LogP contribution >= 0.6 is 11.3 Å². The predicted molar refractivity (Wildman–Crippen MR) is 163 cm³/mol. The summed E-state index contributed by atoms with van der Waals surface area (Å²) in [7, 11) is 1.30. The largest absolute Gasteiger partial charge is 0.490 e. The van der Waals surface area contributed by atoms with Crippen LogP contribution in [0.2, 0.25) is 0 Å². The zero-order valence-corrected chi connectivity index (χ0v) is 25.4. The topological polar surface area (TPSA) is 97.6 Å². The van der Waals surface area contributed by atoms with Crippen molar-refractivity contribution >= 4 is 23.4 Å². The maximum Gasteiger partial charge on any atom is 0.337 e. The van der Waals surface area contributed by atoms with Gasteiger partial charge in [-0.3, -0.25) is 9.36 Å². The molecule has 0 bridgehead atoms. The van der Waals surface area contributed by atoms with Gasteiger partial charge in [0, 0.05) is 11.8 Å². The third-order valence-electron chi connectivity index (χ3n) is 6.41. The zero-order valence-electron chi connectivity index (χ0n) is 24.6. The van der Waals surface area contributed by atoms with Crippen molar-refractivity contribution in [1.29, 1.82) is 0 Å². The van der Waals surface area contributed by atoms with Gasteiger partial charge in [0.1, 0.15) is 0 Å². The normalized spacial score (nSPS) is 14.4. The minimum Gasteiger partial charge on any atom is -0.490 e. The van der Waals surface area contributed by atoms with Gasteiger partial charge in [-0.2, -0.15) is 0 Å².